The number of aromatic carboxylic acids is 1. The summed E-state index contributed by atoms with van der Waals surface area (Å²) in [5, 5.41) is 9.77. The zero-order valence-corrected chi connectivity index (χ0v) is 9.46. The Morgan fingerprint density at radius 3 is 2.50 bits per heavy atom. The summed E-state index contributed by atoms with van der Waals surface area (Å²) < 4.78 is 5.29. The molecule has 0 radical (unpaired) electrons. The summed E-state index contributed by atoms with van der Waals surface area (Å²) in [6.45, 7) is 0. The number of benzene rings is 2. The Morgan fingerprint density at radius 2 is 1.78 bits per heavy atom. The average Bonchev–Trinajstić information content (AvgIpc) is 2.83. The SMILES string of the molecule is O=C(O)c1cc2c(-c3ccccc3)cccc2o1. The first-order valence-electron chi connectivity index (χ1n) is 5.57. The second kappa shape index (κ2) is 4.04. The van der Waals surface area contributed by atoms with Gasteiger partial charge in [0.2, 0.25) is 5.76 Å². The Morgan fingerprint density at radius 1 is 1.00 bits per heavy atom. The summed E-state index contributed by atoms with van der Waals surface area (Å²) in [5.41, 5.74) is 2.61. The van der Waals surface area contributed by atoms with E-state index in [1.165, 1.54) is 0 Å². The standard InChI is InChI=1S/C15H10O3/c16-15(17)14-9-12-11(7-4-8-13(12)18-14)10-5-2-1-3-6-10/h1-9H,(H,16,17). The summed E-state index contributed by atoms with van der Waals surface area (Å²) in [5.74, 6) is -1.08. The third kappa shape index (κ3) is 1.66. The molecule has 0 aliphatic rings. The molecule has 88 valence electrons. The van der Waals surface area contributed by atoms with Crippen molar-refractivity contribution in [2.45, 2.75) is 0 Å². The molecule has 1 heterocycles. The van der Waals surface area contributed by atoms with E-state index in [9.17, 15) is 4.79 Å². The predicted octanol–water partition coefficient (Wildman–Crippen LogP) is 3.80. The third-order valence-electron chi connectivity index (χ3n) is 2.86. The van der Waals surface area contributed by atoms with Crippen LogP contribution in [0.4, 0.5) is 0 Å². The van der Waals surface area contributed by atoms with Crippen molar-refractivity contribution >= 4 is 16.9 Å². The zero-order valence-electron chi connectivity index (χ0n) is 9.46. The molecular formula is C15H10O3. The minimum absolute atomic E-state index is 0.0339. The van der Waals surface area contributed by atoms with Crippen molar-refractivity contribution in [2.75, 3.05) is 0 Å². The van der Waals surface area contributed by atoms with Gasteiger partial charge in [-0.3, -0.25) is 0 Å². The Balaban J connectivity index is 2.27. The monoisotopic (exact) mass is 238 g/mol. The van der Waals surface area contributed by atoms with Crippen LogP contribution in [0.25, 0.3) is 22.1 Å². The summed E-state index contributed by atoms with van der Waals surface area (Å²) in [6, 6.07) is 17.0. The van der Waals surface area contributed by atoms with Gasteiger partial charge in [-0.1, -0.05) is 42.5 Å². The minimum Gasteiger partial charge on any atom is -0.475 e. The highest BCUT2D eigenvalue weighted by Crippen LogP contribution is 2.30. The van der Waals surface area contributed by atoms with Gasteiger partial charge < -0.3 is 9.52 Å². The molecule has 0 aliphatic carbocycles. The van der Waals surface area contributed by atoms with Crippen LogP contribution in [0.1, 0.15) is 10.6 Å². The van der Waals surface area contributed by atoms with Gasteiger partial charge in [-0.2, -0.15) is 0 Å². The molecule has 0 amide bonds. The van der Waals surface area contributed by atoms with Gasteiger partial charge in [-0.15, -0.1) is 0 Å². The fourth-order valence-corrected chi connectivity index (χ4v) is 2.04. The van der Waals surface area contributed by atoms with E-state index >= 15 is 0 Å². The average molecular weight is 238 g/mol. The van der Waals surface area contributed by atoms with E-state index < -0.39 is 5.97 Å². The van der Waals surface area contributed by atoms with Crippen molar-refractivity contribution < 1.29 is 14.3 Å². The lowest BCUT2D eigenvalue weighted by Crippen LogP contribution is -1.91. The second-order valence-electron chi connectivity index (χ2n) is 4.00. The molecule has 0 spiro atoms. The number of carboxylic acid groups (broad SMARTS) is 1. The number of rotatable bonds is 2. The van der Waals surface area contributed by atoms with Gasteiger partial charge in [0.25, 0.3) is 0 Å². The van der Waals surface area contributed by atoms with Crippen molar-refractivity contribution in [3.8, 4) is 11.1 Å². The molecule has 3 rings (SSSR count). The number of fused-ring (bicyclic) bond motifs is 1. The molecule has 0 bridgehead atoms. The molecule has 0 unspecified atom stereocenters. The fraction of sp³-hybridized carbons (Fsp3) is 0. The largest absolute Gasteiger partial charge is 0.475 e. The lowest BCUT2D eigenvalue weighted by atomic mass is 10.0. The van der Waals surface area contributed by atoms with Gasteiger partial charge in [0.05, 0.1) is 0 Å². The first-order valence-corrected chi connectivity index (χ1v) is 5.57. The topological polar surface area (TPSA) is 50.4 Å². The maximum absolute atomic E-state index is 10.9. The van der Waals surface area contributed by atoms with Crippen LogP contribution in [0.15, 0.2) is 59.0 Å². The molecule has 1 aromatic heterocycles. The molecule has 3 aromatic rings. The second-order valence-corrected chi connectivity index (χ2v) is 4.00. The molecule has 0 fully saturated rings. The Hall–Kier alpha value is -2.55. The molecule has 2 aromatic carbocycles. The van der Waals surface area contributed by atoms with Gasteiger partial charge in [0.1, 0.15) is 5.58 Å². The van der Waals surface area contributed by atoms with Crippen molar-refractivity contribution in [1.82, 2.24) is 0 Å². The summed E-state index contributed by atoms with van der Waals surface area (Å²) in [6.07, 6.45) is 0. The van der Waals surface area contributed by atoms with E-state index in [2.05, 4.69) is 0 Å². The van der Waals surface area contributed by atoms with Crippen molar-refractivity contribution in [3.05, 3.63) is 60.4 Å². The van der Waals surface area contributed by atoms with Crippen molar-refractivity contribution in [3.63, 3.8) is 0 Å². The van der Waals surface area contributed by atoms with Crippen LogP contribution in [-0.4, -0.2) is 11.1 Å². The number of hydrogen-bond donors (Lipinski definition) is 1. The van der Waals surface area contributed by atoms with Crippen LogP contribution in [0.5, 0.6) is 0 Å². The fourth-order valence-electron chi connectivity index (χ4n) is 2.04. The summed E-state index contributed by atoms with van der Waals surface area (Å²) >= 11 is 0. The van der Waals surface area contributed by atoms with Gasteiger partial charge in [0.15, 0.2) is 0 Å². The summed E-state index contributed by atoms with van der Waals surface area (Å²) in [4.78, 5) is 10.9. The van der Waals surface area contributed by atoms with Gasteiger partial charge in [-0.05, 0) is 23.3 Å². The van der Waals surface area contributed by atoms with E-state index in [0.717, 1.165) is 16.5 Å². The zero-order chi connectivity index (χ0) is 12.5. The molecule has 18 heavy (non-hydrogen) atoms. The summed E-state index contributed by atoms with van der Waals surface area (Å²) in [7, 11) is 0. The highest BCUT2D eigenvalue weighted by molar-refractivity contribution is 5.98. The van der Waals surface area contributed by atoms with Crippen molar-refractivity contribution in [1.29, 1.82) is 0 Å². The van der Waals surface area contributed by atoms with Gasteiger partial charge in [0, 0.05) is 5.39 Å². The van der Waals surface area contributed by atoms with E-state index in [0.29, 0.717) is 5.58 Å². The molecule has 0 saturated heterocycles. The lowest BCUT2D eigenvalue weighted by molar-refractivity contribution is 0.0665. The predicted molar refractivity (Wildman–Crippen MR) is 68.6 cm³/mol. The lowest BCUT2D eigenvalue weighted by Gasteiger charge is -2.01. The quantitative estimate of drug-likeness (QED) is 0.738. The molecule has 3 nitrogen and oxygen atoms in total. The maximum atomic E-state index is 10.9. The van der Waals surface area contributed by atoms with E-state index in [1.54, 1.807) is 12.1 Å². The van der Waals surface area contributed by atoms with Crippen LogP contribution >= 0.6 is 0 Å². The van der Waals surface area contributed by atoms with Crippen LogP contribution in [0.3, 0.4) is 0 Å². The Bertz CT molecular complexity index is 711. The highest BCUT2D eigenvalue weighted by atomic mass is 16.4. The Kier molecular flexibility index (Phi) is 2.38. The molecule has 1 N–H and O–H groups in total. The van der Waals surface area contributed by atoms with Crippen LogP contribution < -0.4 is 0 Å². The molecule has 0 aliphatic heterocycles. The van der Waals surface area contributed by atoms with Gasteiger partial charge >= 0.3 is 5.97 Å². The normalized spacial score (nSPS) is 10.7. The first kappa shape index (κ1) is 10.6. The molecule has 0 atom stereocenters. The van der Waals surface area contributed by atoms with E-state index in [1.807, 2.05) is 42.5 Å². The molecule has 3 heteroatoms. The Labute approximate surface area is 103 Å². The van der Waals surface area contributed by atoms with E-state index in [4.69, 9.17) is 9.52 Å². The number of hydrogen-bond acceptors (Lipinski definition) is 2. The van der Waals surface area contributed by atoms with Crippen LogP contribution in [0, 0.1) is 0 Å². The van der Waals surface area contributed by atoms with Crippen molar-refractivity contribution in [2.24, 2.45) is 0 Å². The smallest absolute Gasteiger partial charge is 0.371 e. The van der Waals surface area contributed by atoms with E-state index in [-0.39, 0.29) is 5.76 Å². The molecule has 0 saturated carbocycles. The third-order valence-corrected chi connectivity index (χ3v) is 2.86. The van der Waals surface area contributed by atoms with Crippen LogP contribution in [-0.2, 0) is 0 Å². The number of carboxylic acids is 1. The van der Waals surface area contributed by atoms with Crippen LogP contribution in [0.2, 0.25) is 0 Å². The molecular weight excluding hydrogens is 228 g/mol. The number of carbonyl (C=O) groups is 1. The van der Waals surface area contributed by atoms with Gasteiger partial charge in [-0.25, -0.2) is 4.79 Å². The highest BCUT2D eigenvalue weighted by Gasteiger charge is 2.13. The first-order chi connectivity index (χ1) is 8.75. The number of furan rings is 1. The minimum atomic E-state index is -1.05. The maximum Gasteiger partial charge on any atom is 0.371 e.